The number of nitro benzene ring substituents is 1. The van der Waals surface area contributed by atoms with Crippen LogP contribution in [0.1, 0.15) is 12.8 Å². The number of hydrogen-bond donors (Lipinski definition) is 3. The molecule has 0 radical (unpaired) electrons. The first-order chi connectivity index (χ1) is 12.9. The number of anilines is 2. The van der Waals surface area contributed by atoms with Crippen LogP contribution in [0.2, 0.25) is 5.02 Å². The monoisotopic (exact) mass is 390 g/mol. The van der Waals surface area contributed by atoms with Crippen LogP contribution in [0.15, 0.2) is 48.5 Å². The maximum Gasteiger partial charge on any atom is 0.269 e. The first-order valence-corrected chi connectivity index (χ1v) is 8.62. The fraction of sp³-hybridized carbons (Fsp3) is 0.222. The van der Waals surface area contributed by atoms with Gasteiger partial charge in [0.2, 0.25) is 11.8 Å². The molecule has 0 unspecified atom stereocenters. The SMILES string of the molecule is O=C(CCCNc1ccc([N+](=O)[O-])cc1)NCC(=O)Nc1ccc(Cl)cc1. The normalized spacial score (nSPS) is 10.1. The minimum absolute atomic E-state index is 0.0248. The van der Waals surface area contributed by atoms with Crippen LogP contribution in [0.5, 0.6) is 0 Å². The molecule has 2 amide bonds. The molecule has 0 saturated heterocycles. The van der Waals surface area contributed by atoms with E-state index in [1.807, 2.05) is 0 Å². The maximum atomic E-state index is 11.8. The number of nitrogens with zero attached hydrogens (tertiary/aromatic N) is 1. The van der Waals surface area contributed by atoms with Gasteiger partial charge in [-0.1, -0.05) is 11.6 Å². The highest BCUT2D eigenvalue weighted by Gasteiger charge is 2.07. The molecule has 2 rings (SSSR count). The van der Waals surface area contributed by atoms with Crippen molar-refractivity contribution in [2.75, 3.05) is 23.7 Å². The first kappa shape index (κ1) is 20.2. The lowest BCUT2D eigenvalue weighted by Gasteiger charge is -2.08. The lowest BCUT2D eigenvalue weighted by Crippen LogP contribution is -2.32. The molecule has 3 N–H and O–H groups in total. The van der Waals surface area contributed by atoms with E-state index < -0.39 is 4.92 Å². The fourth-order valence-electron chi connectivity index (χ4n) is 2.19. The van der Waals surface area contributed by atoms with Gasteiger partial charge < -0.3 is 16.0 Å². The second-order valence-electron chi connectivity index (χ2n) is 5.67. The van der Waals surface area contributed by atoms with E-state index in [4.69, 9.17) is 11.6 Å². The summed E-state index contributed by atoms with van der Waals surface area (Å²) in [6.07, 6.45) is 0.815. The second-order valence-corrected chi connectivity index (χ2v) is 6.10. The molecule has 9 heteroatoms. The van der Waals surface area contributed by atoms with Gasteiger partial charge in [-0.3, -0.25) is 19.7 Å². The predicted octanol–water partition coefficient (Wildman–Crippen LogP) is 3.20. The molecular weight excluding hydrogens is 372 g/mol. The van der Waals surface area contributed by atoms with Crippen molar-refractivity contribution in [3.05, 3.63) is 63.7 Å². The number of nitrogens with one attached hydrogen (secondary N) is 3. The van der Waals surface area contributed by atoms with E-state index in [9.17, 15) is 19.7 Å². The number of hydrogen-bond acceptors (Lipinski definition) is 5. The molecule has 2 aromatic carbocycles. The van der Waals surface area contributed by atoms with Crippen LogP contribution in [0, 0.1) is 10.1 Å². The predicted molar refractivity (Wildman–Crippen MR) is 104 cm³/mol. The van der Waals surface area contributed by atoms with Gasteiger partial charge in [-0.05, 0) is 42.8 Å². The zero-order valence-corrected chi connectivity index (χ0v) is 15.2. The van der Waals surface area contributed by atoms with Crippen LogP contribution in [-0.4, -0.2) is 29.8 Å². The number of halogens is 1. The quantitative estimate of drug-likeness (QED) is 0.345. The average molecular weight is 391 g/mol. The molecule has 0 aliphatic rings. The summed E-state index contributed by atoms with van der Waals surface area (Å²) in [5.74, 6) is -0.554. The molecule has 0 fully saturated rings. The van der Waals surface area contributed by atoms with Crippen LogP contribution in [0.4, 0.5) is 17.1 Å². The third-order valence-electron chi connectivity index (χ3n) is 3.56. The van der Waals surface area contributed by atoms with E-state index in [0.29, 0.717) is 23.7 Å². The third kappa shape index (κ3) is 7.33. The third-order valence-corrected chi connectivity index (χ3v) is 3.81. The van der Waals surface area contributed by atoms with Gasteiger partial charge in [-0.25, -0.2) is 0 Å². The van der Waals surface area contributed by atoms with Crippen molar-refractivity contribution in [1.29, 1.82) is 0 Å². The van der Waals surface area contributed by atoms with Crippen molar-refractivity contribution in [2.45, 2.75) is 12.8 Å². The van der Waals surface area contributed by atoms with Crippen LogP contribution in [0.25, 0.3) is 0 Å². The van der Waals surface area contributed by atoms with E-state index in [-0.39, 0.29) is 30.5 Å². The Morgan fingerprint density at radius 1 is 0.963 bits per heavy atom. The number of carbonyl (C=O) groups is 2. The average Bonchev–Trinajstić information content (AvgIpc) is 2.66. The van der Waals surface area contributed by atoms with Crippen molar-refractivity contribution in [3.8, 4) is 0 Å². The van der Waals surface area contributed by atoms with Crippen molar-refractivity contribution in [2.24, 2.45) is 0 Å². The summed E-state index contributed by atoms with van der Waals surface area (Å²) >= 11 is 5.77. The fourth-order valence-corrected chi connectivity index (χ4v) is 2.31. The standard InChI is InChI=1S/C18H19ClN4O4/c19-13-3-5-15(6-4-13)22-18(25)12-21-17(24)2-1-11-20-14-7-9-16(10-8-14)23(26)27/h3-10,20H,1-2,11-12H2,(H,21,24)(H,22,25). The zero-order chi connectivity index (χ0) is 19.6. The molecular formula is C18H19ClN4O4. The summed E-state index contributed by atoms with van der Waals surface area (Å²) in [5, 5.41) is 19.4. The highest BCUT2D eigenvalue weighted by atomic mass is 35.5. The molecule has 0 aromatic heterocycles. The Morgan fingerprint density at radius 3 is 2.22 bits per heavy atom. The van der Waals surface area contributed by atoms with Crippen LogP contribution < -0.4 is 16.0 Å². The van der Waals surface area contributed by atoms with E-state index in [1.54, 1.807) is 36.4 Å². The van der Waals surface area contributed by atoms with Gasteiger partial charge in [0.05, 0.1) is 11.5 Å². The number of carbonyl (C=O) groups excluding carboxylic acids is 2. The number of amides is 2. The Bertz CT molecular complexity index is 794. The van der Waals surface area contributed by atoms with E-state index in [0.717, 1.165) is 5.69 Å². The molecule has 0 saturated carbocycles. The highest BCUT2D eigenvalue weighted by Crippen LogP contribution is 2.15. The molecule has 0 atom stereocenters. The maximum absolute atomic E-state index is 11.8. The molecule has 142 valence electrons. The number of benzene rings is 2. The summed E-state index contributed by atoms with van der Waals surface area (Å²) in [6.45, 7) is 0.416. The molecule has 8 nitrogen and oxygen atoms in total. The van der Waals surface area contributed by atoms with Gasteiger partial charge in [0.15, 0.2) is 0 Å². The minimum atomic E-state index is -0.461. The number of rotatable bonds is 9. The Balaban J connectivity index is 1.61. The molecule has 0 heterocycles. The van der Waals surface area contributed by atoms with Gasteiger partial charge >= 0.3 is 0 Å². The van der Waals surface area contributed by atoms with Crippen molar-refractivity contribution >= 4 is 40.5 Å². The van der Waals surface area contributed by atoms with Gasteiger partial charge in [0.25, 0.3) is 5.69 Å². The van der Waals surface area contributed by atoms with Crippen molar-refractivity contribution < 1.29 is 14.5 Å². The largest absolute Gasteiger partial charge is 0.385 e. The Hall–Kier alpha value is -3.13. The van der Waals surface area contributed by atoms with Crippen molar-refractivity contribution in [1.82, 2.24) is 5.32 Å². The summed E-state index contributed by atoms with van der Waals surface area (Å²) in [7, 11) is 0. The topological polar surface area (TPSA) is 113 Å². The molecule has 2 aromatic rings. The van der Waals surface area contributed by atoms with Gasteiger partial charge in [0, 0.05) is 41.5 Å². The Kier molecular flexibility index (Phi) is 7.57. The van der Waals surface area contributed by atoms with Crippen LogP contribution in [0.3, 0.4) is 0 Å². The van der Waals surface area contributed by atoms with E-state index in [2.05, 4.69) is 16.0 Å². The van der Waals surface area contributed by atoms with Crippen molar-refractivity contribution in [3.63, 3.8) is 0 Å². The lowest BCUT2D eigenvalue weighted by molar-refractivity contribution is -0.384. The summed E-state index contributed by atoms with van der Waals surface area (Å²) < 4.78 is 0. The lowest BCUT2D eigenvalue weighted by atomic mass is 10.2. The van der Waals surface area contributed by atoms with Crippen LogP contribution in [-0.2, 0) is 9.59 Å². The molecule has 0 aliphatic carbocycles. The highest BCUT2D eigenvalue weighted by molar-refractivity contribution is 6.30. The van der Waals surface area contributed by atoms with E-state index >= 15 is 0 Å². The van der Waals surface area contributed by atoms with Gasteiger partial charge in [0.1, 0.15) is 0 Å². The molecule has 27 heavy (non-hydrogen) atoms. The molecule has 0 aliphatic heterocycles. The minimum Gasteiger partial charge on any atom is -0.385 e. The van der Waals surface area contributed by atoms with E-state index in [1.165, 1.54) is 12.1 Å². The van der Waals surface area contributed by atoms with Crippen LogP contribution >= 0.6 is 11.6 Å². The van der Waals surface area contributed by atoms with Gasteiger partial charge in [-0.2, -0.15) is 0 Å². The molecule has 0 bridgehead atoms. The summed E-state index contributed by atoms with van der Waals surface area (Å²) in [6, 6.07) is 12.7. The Morgan fingerprint density at radius 2 is 1.59 bits per heavy atom. The summed E-state index contributed by atoms with van der Waals surface area (Å²) in [5.41, 5.74) is 1.37. The number of non-ortho nitro benzene ring substituents is 1. The number of nitro groups is 1. The zero-order valence-electron chi connectivity index (χ0n) is 14.4. The summed E-state index contributed by atoms with van der Waals surface area (Å²) in [4.78, 5) is 33.7. The smallest absolute Gasteiger partial charge is 0.269 e. The first-order valence-electron chi connectivity index (χ1n) is 8.24. The molecule has 0 spiro atoms. The Labute approximate surface area is 161 Å². The second kappa shape index (κ2) is 10.1. The van der Waals surface area contributed by atoms with Gasteiger partial charge in [-0.15, -0.1) is 0 Å².